The van der Waals surface area contributed by atoms with Crippen molar-refractivity contribution in [2.24, 2.45) is 11.1 Å². The van der Waals surface area contributed by atoms with Gasteiger partial charge in [0.15, 0.2) is 0 Å². The highest BCUT2D eigenvalue weighted by Gasteiger charge is 2.50. The molecular weight excluding hydrogens is 204 g/mol. The second-order valence-electron chi connectivity index (χ2n) is 5.63. The average molecular weight is 226 g/mol. The van der Waals surface area contributed by atoms with E-state index >= 15 is 0 Å². The van der Waals surface area contributed by atoms with Crippen LogP contribution < -0.4 is 5.73 Å². The molecule has 1 amide bonds. The molecule has 3 N–H and O–H groups in total. The van der Waals surface area contributed by atoms with Gasteiger partial charge in [-0.2, -0.15) is 0 Å². The maximum absolute atomic E-state index is 12.2. The highest BCUT2D eigenvalue weighted by molar-refractivity contribution is 5.85. The lowest BCUT2D eigenvalue weighted by atomic mass is 9.98. The monoisotopic (exact) mass is 226 g/mol. The molecule has 0 radical (unpaired) electrons. The smallest absolute Gasteiger partial charge is 0.230 e. The fourth-order valence-corrected chi connectivity index (χ4v) is 2.46. The lowest BCUT2D eigenvalue weighted by Gasteiger charge is -2.26. The van der Waals surface area contributed by atoms with E-state index in [0.29, 0.717) is 19.5 Å². The zero-order valence-corrected chi connectivity index (χ0v) is 10.0. The van der Waals surface area contributed by atoms with Crippen LogP contribution in [0.25, 0.3) is 0 Å². The van der Waals surface area contributed by atoms with Crippen LogP contribution in [0, 0.1) is 5.41 Å². The molecule has 2 rings (SSSR count). The van der Waals surface area contributed by atoms with Gasteiger partial charge in [-0.15, -0.1) is 0 Å². The van der Waals surface area contributed by atoms with Crippen molar-refractivity contribution in [2.75, 3.05) is 19.6 Å². The van der Waals surface area contributed by atoms with Crippen LogP contribution in [0.2, 0.25) is 0 Å². The topological polar surface area (TPSA) is 66.6 Å². The molecule has 4 heteroatoms. The summed E-state index contributed by atoms with van der Waals surface area (Å²) >= 11 is 0. The number of hydrogen-bond donors (Lipinski definition) is 2. The maximum atomic E-state index is 12.2. The Balaban J connectivity index is 1.98. The van der Waals surface area contributed by atoms with Gasteiger partial charge in [0.05, 0.1) is 11.0 Å². The van der Waals surface area contributed by atoms with E-state index in [1.165, 1.54) is 0 Å². The fourth-order valence-electron chi connectivity index (χ4n) is 2.46. The first-order chi connectivity index (χ1) is 7.49. The molecule has 1 saturated carbocycles. The van der Waals surface area contributed by atoms with Crippen molar-refractivity contribution in [3.05, 3.63) is 0 Å². The van der Waals surface area contributed by atoms with Gasteiger partial charge in [-0.3, -0.25) is 4.79 Å². The van der Waals surface area contributed by atoms with Gasteiger partial charge in [-0.05, 0) is 39.0 Å². The van der Waals surface area contributed by atoms with Crippen molar-refractivity contribution in [1.82, 2.24) is 4.90 Å². The average Bonchev–Trinajstić information content (AvgIpc) is 3.02. The maximum Gasteiger partial charge on any atom is 0.230 e. The van der Waals surface area contributed by atoms with E-state index in [4.69, 9.17) is 5.73 Å². The molecule has 0 spiro atoms. The summed E-state index contributed by atoms with van der Waals surface area (Å²) in [5.41, 5.74) is 4.83. The number of aliphatic hydroxyl groups is 1. The van der Waals surface area contributed by atoms with Gasteiger partial charge in [-0.25, -0.2) is 0 Å². The van der Waals surface area contributed by atoms with Crippen molar-refractivity contribution >= 4 is 5.91 Å². The van der Waals surface area contributed by atoms with E-state index in [2.05, 4.69) is 0 Å². The third kappa shape index (κ3) is 2.23. The van der Waals surface area contributed by atoms with Crippen molar-refractivity contribution < 1.29 is 9.90 Å². The summed E-state index contributed by atoms with van der Waals surface area (Å²) in [6.45, 7) is 3.78. The van der Waals surface area contributed by atoms with E-state index in [0.717, 1.165) is 32.2 Å². The Hall–Kier alpha value is -0.610. The molecular formula is C12H22N2O2. The Kier molecular flexibility index (Phi) is 2.97. The number of amides is 1. The first kappa shape index (κ1) is 11.9. The largest absolute Gasteiger partial charge is 0.390 e. The second-order valence-corrected chi connectivity index (χ2v) is 5.63. The van der Waals surface area contributed by atoms with Crippen LogP contribution in [0.3, 0.4) is 0 Å². The molecule has 2 aliphatic rings. The molecule has 4 nitrogen and oxygen atoms in total. The van der Waals surface area contributed by atoms with Crippen LogP contribution in [-0.4, -0.2) is 41.1 Å². The Morgan fingerprint density at radius 2 is 2.00 bits per heavy atom. The Morgan fingerprint density at radius 1 is 1.31 bits per heavy atom. The summed E-state index contributed by atoms with van der Waals surface area (Å²) in [5, 5.41) is 9.97. The minimum Gasteiger partial charge on any atom is -0.390 e. The number of nitrogens with two attached hydrogens (primary N) is 1. The molecule has 2 fully saturated rings. The number of carbonyl (C=O) groups is 1. The number of rotatable bonds is 2. The Labute approximate surface area is 96.8 Å². The summed E-state index contributed by atoms with van der Waals surface area (Å²) in [6.07, 6.45) is 4.23. The van der Waals surface area contributed by atoms with Crippen LogP contribution in [0.1, 0.15) is 39.0 Å². The van der Waals surface area contributed by atoms with Gasteiger partial charge in [0.25, 0.3) is 0 Å². The summed E-state index contributed by atoms with van der Waals surface area (Å²) in [4.78, 5) is 14.1. The van der Waals surface area contributed by atoms with Crippen LogP contribution in [-0.2, 0) is 4.79 Å². The minimum atomic E-state index is -0.603. The third-order valence-corrected chi connectivity index (χ3v) is 4.05. The van der Waals surface area contributed by atoms with Crippen LogP contribution in [0.15, 0.2) is 0 Å². The van der Waals surface area contributed by atoms with E-state index in [-0.39, 0.29) is 11.3 Å². The summed E-state index contributed by atoms with van der Waals surface area (Å²) in [7, 11) is 0. The number of nitrogens with zero attached hydrogens (tertiary/aromatic N) is 1. The third-order valence-electron chi connectivity index (χ3n) is 4.05. The van der Waals surface area contributed by atoms with E-state index < -0.39 is 5.60 Å². The molecule has 1 aliphatic carbocycles. The van der Waals surface area contributed by atoms with Crippen molar-refractivity contribution in [3.63, 3.8) is 0 Å². The molecule has 0 aromatic carbocycles. The van der Waals surface area contributed by atoms with Crippen molar-refractivity contribution in [3.8, 4) is 0 Å². The Bertz CT molecular complexity index is 285. The van der Waals surface area contributed by atoms with Gasteiger partial charge in [-0.1, -0.05) is 0 Å². The predicted molar refractivity (Wildman–Crippen MR) is 61.8 cm³/mol. The Morgan fingerprint density at radius 3 is 2.56 bits per heavy atom. The fraction of sp³-hybridized carbons (Fsp3) is 0.917. The first-order valence-electron chi connectivity index (χ1n) is 6.21. The minimum absolute atomic E-state index is 0.215. The number of carbonyl (C=O) groups excluding carboxylic acids is 1. The second kappa shape index (κ2) is 4.00. The van der Waals surface area contributed by atoms with E-state index in [1.54, 1.807) is 0 Å². The molecule has 1 unspecified atom stereocenters. The summed E-state index contributed by atoms with van der Waals surface area (Å²) in [5.74, 6) is 0.215. The molecule has 16 heavy (non-hydrogen) atoms. The van der Waals surface area contributed by atoms with E-state index in [1.807, 2.05) is 11.8 Å². The van der Waals surface area contributed by atoms with Crippen LogP contribution in [0.5, 0.6) is 0 Å². The first-order valence-corrected chi connectivity index (χ1v) is 6.21. The van der Waals surface area contributed by atoms with Gasteiger partial charge >= 0.3 is 0 Å². The predicted octanol–water partition coefficient (Wildman–Crippen LogP) is 0.489. The summed E-state index contributed by atoms with van der Waals surface area (Å²) < 4.78 is 0. The van der Waals surface area contributed by atoms with Crippen molar-refractivity contribution in [2.45, 2.75) is 44.6 Å². The van der Waals surface area contributed by atoms with Crippen LogP contribution >= 0.6 is 0 Å². The normalized spacial score (nSPS) is 33.3. The highest BCUT2D eigenvalue weighted by Crippen LogP contribution is 2.46. The quantitative estimate of drug-likeness (QED) is 0.720. The lowest BCUT2D eigenvalue weighted by Crippen LogP contribution is -2.41. The summed E-state index contributed by atoms with van der Waals surface area (Å²) in [6, 6.07) is 0. The molecule has 92 valence electrons. The van der Waals surface area contributed by atoms with Crippen LogP contribution in [0.4, 0.5) is 0 Å². The standard InChI is InChI=1S/C12H22N2O2/c1-11(16)3-2-7-14(8-6-11)10(15)12(9-13)4-5-12/h16H,2-9,13H2,1H3. The molecule has 0 bridgehead atoms. The SMILES string of the molecule is CC1(O)CCCN(C(=O)C2(CN)CC2)CC1. The van der Waals surface area contributed by atoms with Gasteiger partial charge in [0, 0.05) is 19.6 Å². The molecule has 1 atom stereocenters. The van der Waals surface area contributed by atoms with Gasteiger partial charge < -0.3 is 15.7 Å². The molecule has 1 heterocycles. The molecule has 0 aromatic heterocycles. The lowest BCUT2D eigenvalue weighted by molar-refractivity contribution is -0.136. The number of likely N-dealkylation sites (tertiary alicyclic amines) is 1. The molecule has 1 aliphatic heterocycles. The van der Waals surface area contributed by atoms with Crippen molar-refractivity contribution in [1.29, 1.82) is 0 Å². The zero-order valence-electron chi connectivity index (χ0n) is 10.0. The van der Waals surface area contributed by atoms with E-state index in [9.17, 15) is 9.90 Å². The van der Waals surface area contributed by atoms with Gasteiger partial charge in [0.1, 0.15) is 0 Å². The number of hydrogen-bond acceptors (Lipinski definition) is 3. The van der Waals surface area contributed by atoms with Gasteiger partial charge in [0.2, 0.25) is 5.91 Å². The molecule has 0 aromatic rings. The molecule has 1 saturated heterocycles. The zero-order chi connectivity index (χ0) is 11.8. The highest BCUT2D eigenvalue weighted by atomic mass is 16.3.